The fraction of sp³-hybridized carbons (Fsp3) is 0.300. The molecule has 3 aromatic heterocycles. The van der Waals surface area contributed by atoms with Crippen LogP contribution in [-0.4, -0.2) is 33.6 Å². The molecule has 0 saturated carbocycles. The maximum atomic E-state index is 12.6. The van der Waals surface area contributed by atoms with Crippen molar-refractivity contribution in [1.29, 1.82) is 5.26 Å². The molecule has 0 aliphatic rings. The monoisotopic (exact) mass is 416 g/mol. The van der Waals surface area contributed by atoms with Crippen LogP contribution in [0, 0.1) is 17.2 Å². The lowest BCUT2D eigenvalue weighted by Gasteiger charge is -2.32. The number of nitriles is 1. The van der Waals surface area contributed by atoms with Crippen LogP contribution in [-0.2, 0) is 10.3 Å². The number of aromatic amines is 1. The number of halogens is 3. The van der Waals surface area contributed by atoms with Crippen LogP contribution in [0.25, 0.3) is 22.2 Å². The highest BCUT2D eigenvalue weighted by molar-refractivity contribution is 5.94. The van der Waals surface area contributed by atoms with Crippen molar-refractivity contribution in [1.82, 2.24) is 20.3 Å². The van der Waals surface area contributed by atoms with Gasteiger partial charge in [0.05, 0.1) is 5.56 Å². The third-order valence-electron chi connectivity index (χ3n) is 4.92. The first kappa shape index (κ1) is 21.3. The third kappa shape index (κ3) is 3.97. The van der Waals surface area contributed by atoms with Gasteiger partial charge in [-0.3, -0.25) is 9.78 Å². The summed E-state index contributed by atoms with van der Waals surface area (Å²) in [4.78, 5) is 24.0. The molecule has 0 spiro atoms. The number of hydrogen-bond donors (Lipinski definition) is 3. The van der Waals surface area contributed by atoms with E-state index in [-0.39, 0.29) is 5.56 Å². The number of H-pyrrole nitrogens is 1. The Morgan fingerprint density at radius 2 is 2.03 bits per heavy atom. The van der Waals surface area contributed by atoms with Gasteiger partial charge in [-0.05, 0) is 18.1 Å². The van der Waals surface area contributed by atoms with Crippen LogP contribution in [0.15, 0.2) is 36.9 Å². The van der Waals surface area contributed by atoms with Gasteiger partial charge in [0.1, 0.15) is 23.8 Å². The van der Waals surface area contributed by atoms with E-state index in [4.69, 9.17) is 11.0 Å². The molecule has 1 amide bonds. The summed E-state index contributed by atoms with van der Waals surface area (Å²) < 4.78 is 37.7. The van der Waals surface area contributed by atoms with Crippen LogP contribution in [0.1, 0.15) is 25.0 Å². The Labute approximate surface area is 170 Å². The molecule has 7 nitrogen and oxygen atoms in total. The standard InChI is InChI=1S/C20H19F3N6O/c1-11(2)20(25,18(30)29-10-19(21,22)23)14-4-13(7-26-8-14)16-9-28-17-15(16)3-12(5-24)6-27-17/h3-4,6-9,11H,10,25H2,1-2H3,(H,27,28)(H,29,30). The molecule has 0 saturated heterocycles. The zero-order valence-electron chi connectivity index (χ0n) is 16.2. The fourth-order valence-electron chi connectivity index (χ4n) is 3.17. The van der Waals surface area contributed by atoms with Crippen molar-refractivity contribution in [3.05, 3.63) is 48.0 Å². The second-order valence-corrected chi connectivity index (χ2v) is 7.22. The summed E-state index contributed by atoms with van der Waals surface area (Å²) >= 11 is 0. The third-order valence-corrected chi connectivity index (χ3v) is 4.92. The van der Waals surface area contributed by atoms with Crippen LogP contribution >= 0.6 is 0 Å². The number of nitrogens with one attached hydrogen (secondary N) is 2. The molecule has 0 aliphatic carbocycles. The zero-order chi connectivity index (χ0) is 22.1. The normalized spacial score (nSPS) is 13.8. The summed E-state index contributed by atoms with van der Waals surface area (Å²) in [5.41, 5.74) is 7.05. The molecule has 1 unspecified atom stereocenters. The van der Waals surface area contributed by atoms with E-state index in [0.717, 1.165) is 0 Å². The van der Waals surface area contributed by atoms with E-state index in [2.05, 4.69) is 15.0 Å². The van der Waals surface area contributed by atoms with Gasteiger partial charge in [0, 0.05) is 46.9 Å². The molecule has 30 heavy (non-hydrogen) atoms. The number of fused-ring (bicyclic) bond motifs is 1. The molecule has 0 fully saturated rings. The summed E-state index contributed by atoms with van der Waals surface area (Å²) in [6, 6.07) is 5.30. The zero-order valence-corrected chi connectivity index (χ0v) is 16.2. The number of alkyl halides is 3. The number of rotatable bonds is 5. The van der Waals surface area contributed by atoms with Crippen molar-refractivity contribution in [2.75, 3.05) is 6.54 Å². The summed E-state index contributed by atoms with van der Waals surface area (Å²) in [7, 11) is 0. The van der Waals surface area contributed by atoms with Crippen molar-refractivity contribution >= 4 is 16.9 Å². The van der Waals surface area contributed by atoms with Crippen molar-refractivity contribution < 1.29 is 18.0 Å². The number of nitrogens with zero attached hydrogens (tertiary/aromatic N) is 3. The molecular weight excluding hydrogens is 397 g/mol. The summed E-state index contributed by atoms with van der Waals surface area (Å²) in [5, 5.41) is 11.7. The average Bonchev–Trinajstić information content (AvgIpc) is 3.13. The number of pyridine rings is 2. The molecule has 3 rings (SSSR count). The predicted octanol–water partition coefficient (Wildman–Crippen LogP) is 2.99. The van der Waals surface area contributed by atoms with Crippen LogP contribution < -0.4 is 11.1 Å². The topological polar surface area (TPSA) is 120 Å². The maximum Gasteiger partial charge on any atom is 0.405 e. The van der Waals surface area contributed by atoms with Gasteiger partial charge in [-0.2, -0.15) is 18.4 Å². The molecule has 0 radical (unpaired) electrons. The van der Waals surface area contributed by atoms with Crippen molar-refractivity contribution in [3.63, 3.8) is 0 Å². The van der Waals surface area contributed by atoms with Crippen molar-refractivity contribution in [2.45, 2.75) is 25.6 Å². The summed E-state index contributed by atoms with van der Waals surface area (Å²) in [6.07, 6.45) is 1.47. The summed E-state index contributed by atoms with van der Waals surface area (Å²) in [6.45, 7) is 1.82. The van der Waals surface area contributed by atoms with Gasteiger partial charge in [0.2, 0.25) is 5.91 Å². The number of hydrogen-bond acceptors (Lipinski definition) is 5. The quantitative estimate of drug-likeness (QED) is 0.591. The molecule has 156 valence electrons. The van der Waals surface area contributed by atoms with Crippen LogP contribution in [0.5, 0.6) is 0 Å². The number of aromatic nitrogens is 3. The number of carbonyl (C=O) groups excluding carboxylic acids is 1. The van der Waals surface area contributed by atoms with E-state index in [9.17, 15) is 18.0 Å². The first-order chi connectivity index (χ1) is 14.1. The lowest BCUT2D eigenvalue weighted by molar-refractivity contribution is -0.143. The highest BCUT2D eigenvalue weighted by atomic mass is 19.4. The molecule has 4 N–H and O–H groups in total. The van der Waals surface area contributed by atoms with Crippen molar-refractivity contribution in [3.8, 4) is 17.2 Å². The molecule has 3 aromatic rings. The van der Waals surface area contributed by atoms with Crippen LogP contribution in [0.3, 0.4) is 0 Å². The number of carbonyl (C=O) groups is 1. The highest BCUT2D eigenvalue weighted by Gasteiger charge is 2.41. The average molecular weight is 416 g/mol. The number of amides is 1. The molecule has 0 aliphatic heterocycles. The minimum atomic E-state index is -4.55. The van der Waals surface area contributed by atoms with E-state index in [0.29, 0.717) is 27.7 Å². The second-order valence-electron chi connectivity index (χ2n) is 7.22. The molecule has 0 bridgehead atoms. The van der Waals surface area contributed by atoms with Gasteiger partial charge in [-0.1, -0.05) is 13.8 Å². The lowest BCUT2D eigenvalue weighted by atomic mass is 9.80. The predicted molar refractivity (Wildman–Crippen MR) is 104 cm³/mol. The Morgan fingerprint density at radius 1 is 1.30 bits per heavy atom. The Balaban J connectivity index is 2.05. The van der Waals surface area contributed by atoms with E-state index >= 15 is 0 Å². The van der Waals surface area contributed by atoms with Gasteiger partial charge >= 0.3 is 6.18 Å². The lowest BCUT2D eigenvalue weighted by Crippen LogP contribution is -2.56. The molecule has 0 aromatic carbocycles. The van der Waals surface area contributed by atoms with Crippen molar-refractivity contribution in [2.24, 2.45) is 11.7 Å². The minimum absolute atomic E-state index is 0.272. The molecule has 3 heterocycles. The number of nitrogens with two attached hydrogens (primary N) is 1. The van der Waals surface area contributed by atoms with Gasteiger partial charge in [0.15, 0.2) is 0 Å². The van der Waals surface area contributed by atoms with E-state index in [1.165, 1.54) is 12.4 Å². The first-order valence-electron chi connectivity index (χ1n) is 9.03. The summed E-state index contributed by atoms with van der Waals surface area (Å²) in [5.74, 6) is -1.46. The first-order valence-corrected chi connectivity index (χ1v) is 9.03. The van der Waals surface area contributed by atoms with Gasteiger partial charge in [0.25, 0.3) is 0 Å². The van der Waals surface area contributed by atoms with E-state index in [1.807, 2.05) is 11.4 Å². The maximum absolute atomic E-state index is 12.6. The van der Waals surface area contributed by atoms with Gasteiger partial charge < -0.3 is 16.0 Å². The fourth-order valence-corrected chi connectivity index (χ4v) is 3.17. The van der Waals surface area contributed by atoms with Gasteiger partial charge in [-0.25, -0.2) is 4.98 Å². The van der Waals surface area contributed by atoms with E-state index in [1.54, 1.807) is 38.4 Å². The van der Waals surface area contributed by atoms with Crippen LogP contribution in [0.4, 0.5) is 13.2 Å². The second kappa shape index (κ2) is 7.76. The Morgan fingerprint density at radius 3 is 2.67 bits per heavy atom. The Hall–Kier alpha value is -3.45. The Kier molecular flexibility index (Phi) is 5.50. The van der Waals surface area contributed by atoms with E-state index < -0.39 is 30.1 Å². The SMILES string of the molecule is CC(C)C(N)(C(=O)NCC(F)(F)F)c1cncc(-c2c[nH]c3ncc(C#N)cc23)c1. The largest absolute Gasteiger partial charge is 0.405 e. The minimum Gasteiger partial charge on any atom is -0.346 e. The molecule has 1 atom stereocenters. The van der Waals surface area contributed by atoms with Crippen LogP contribution in [0.2, 0.25) is 0 Å². The molecule has 10 heteroatoms. The Bertz CT molecular complexity index is 1130. The van der Waals surface area contributed by atoms with Gasteiger partial charge in [-0.15, -0.1) is 0 Å². The molecular formula is C20H19F3N6O. The smallest absolute Gasteiger partial charge is 0.346 e. The highest BCUT2D eigenvalue weighted by Crippen LogP contribution is 2.33.